The molecule has 0 saturated heterocycles. The Balaban J connectivity index is 1.79. The van der Waals surface area contributed by atoms with Crippen LogP contribution in [-0.4, -0.2) is 10.2 Å². The summed E-state index contributed by atoms with van der Waals surface area (Å²) in [4.78, 5) is 0. The maximum absolute atomic E-state index is 10.1. The van der Waals surface area contributed by atoms with E-state index in [9.17, 15) is 10.2 Å². The second-order valence-corrected chi connectivity index (χ2v) is 5.68. The van der Waals surface area contributed by atoms with Crippen molar-refractivity contribution >= 4 is 0 Å². The van der Waals surface area contributed by atoms with Gasteiger partial charge in [-0.1, -0.05) is 23.8 Å². The fourth-order valence-electron chi connectivity index (χ4n) is 3.06. The van der Waals surface area contributed by atoms with E-state index < -0.39 is 0 Å². The first-order valence-corrected chi connectivity index (χ1v) is 7.30. The van der Waals surface area contributed by atoms with Crippen molar-refractivity contribution in [1.82, 2.24) is 0 Å². The van der Waals surface area contributed by atoms with Gasteiger partial charge in [-0.05, 0) is 73.4 Å². The van der Waals surface area contributed by atoms with Crippen LogP contribution in [0.1, 0.15) is 37.7 Å². The Morgan fingerprint density at radius 1 is 0.900 bits per heavy atom. The Morgan fingerprint density at radius 3 is 2.30 bits per heavy atom. The summed E-state index contributed by atoms with van der Waals surface area (Å²) in [6, 6.07) is 7.22. The van der Waals surface area contributed by atoms with Gasteiger partial charge in [-0.25, -0.2) is 0 Å². The summed E-state index contributed by atoms with van der Waals surface area (Å²) < 4.78 is 0. The third-order valence-electron chi connectivity index (χ3n) is 4.22. The summed E-state index contributed by atoms with van der Waals surface area (Å²) in [7, 11) is 0. The third-order valence-corrected chi connectivity index (χ3v) is 4.22. The zero-order valence-corrected chi connectivity index (χ0v) is 11.6. The topological polar surface area (TPSA) is 40.5 Å². The Labute approximate surface area is 119 Å². The quantitative estimate of drug-likeness (QED) is 0.824. The Kier molecular flexibility index (Phi) is 3.64. The van der Waals surface area contributed by atoms with Gasteiger partial charge in [-0.15, -0.1) is 0 Å². The third kappa shape index (κ3) is 2.79. The van der Waals surface area contributed by atoms with Gasteiger partial charge in [0, 0.05) is 0 Å². The summed E-state index contributed by atoms with van der Waals surface area (Å²) in [6.07, 6.45) is 10.5. The zero-order chi connectivity index (χ0) is 13.9. The number of hydrogen-bond donors (Lipinski definition) is 2. The largest absolute Gasteiger partial charge is 0.508 e. The van der Waals surface area contributed by atoms with Gasteiger partial charge in [0.1, 0.15) is 11.5 Å². The molecule has 0 amide bonds. The molecule has 2 aliphatic rings. The molecule has 0 aliphatic heterocycles. The van der Waals surface area contributed by atoms with E-state index in [1.165, 1.54) is 31.3 Å². The molecule has 0 radical (unpaired) electrons. The highest BCUT2D eigenvalue weighted by atomic mass is 16.3. The van der Waals surface area contributed by atoms with E-state index >= 15 is 0 Å². The van der Waals surface area contributed by atoms with Crippen LogP contribution in [0.25, 0.3) is 0 Å². The highest BCUT2D eigenvalue weighted by Gasteiger charge is 2.17. The van der Waals surface area contributed by atoms with Gasteiger partial charge in [0.05, 0.1) is 0 Å². The van der Waals surface area contributed by atoms with Crippen LogP contribution in [0.2, 0.25) is 0 Å². The van der Waals surface area contributed by atoms with E-state index in [4.69, 9.17) is 0 Å². The molecule has 104 valence electrons. The summed E-state index contributed by atoms with van der Waals surface area (Å²) >= 11 is 0. The number of phenols is 1. The lowest BCUT2D eigenvalue weighted by Gasteiger charge is -2.17. The molecule has 2 heteroatoms. The fraction of sp³-hybridized carbons (Fsp3) is 0.333. The van der Waals surface area contributed by atoms with Crippen LogP contribution in [0.4, 0.5) is 0 Å². The molecule has 0 atom stereocenters. The van der Waals surface area contributed by atoms with Crippen LogP contribution in [0, 0.1) is 0 Å². The molecule has 1 saturated carbocycles. The van der Waals surface area contributed by atoms with Gasteiger partial charge in [0.25, 0.3) is 0 Å². The second-order valence-electron chi connectivity index (χ2n) is 5.68. The first-order valence-electron chi connectivity index (χ1n) is 7.30. The summed E-state index contributed by atoms with van der Waals surface area (Å²) in [5.41, 5.74) is 5.16. The smallest absolute Gasteiger partial charge is 0.115 e. The lowest BCUT2D eigenvalue weighted by molar-refractivity contribution is 0.420. The van der Waals surface area contributed by atoms with Crippen molar-refractivity contribution in [1.29, 1.82) is 0 Å². The van der Waals surface area contributed by atoms with E-state index in [2.05, 4.69) is 6.08 Å². The van der Waals surface area contributed by atoms with Crippen LogP contribution in [0.15, 0.2) is 58.9 Å². The van der Waals surface area contributed by atoms with E-state index in [0.29, 0.717) is 5.76 Å². The van der Waals surface area contributed by atoms with Crippen LogP contribution in [0.3, 0.4) is 0 Å². The second kappa shape index (κ2) is 5.58. The van der Waals surface area contributed by atoms with Crippen LogP contribution in [0.5, 0.6) is 5.75 Å². The molecular weight excluding hydrogens is 248 g/mol. The van der Waals surface area contributed by atoms with Crippen molar-refractivity contribution in [2.45, 2.75) is 38.5 Å². The average Bonchev–Trinajstić information content (AvgIpc) is 2.98. The van der Waals surface area contributed by atoms with Gasteiger partial charge in [0.2, 0.25) is 0 Å². The van der Waals surface area contributed by atoms with Crippen molar-refractivity contribution in [3.63, 3.8) is 0 Å². The number of allylic oxidation sites excluding steroid dienone is 5. The van der Waals surface area contributed by atoms with Gasteiger partial charge >= 0.3 is 0 Å². The van der Waals surface area contributed by atoms with Crippen molar-refractivity contribution in [2.75, 3.05) is 0 Å². The lowest BCUT2D eigenvalue weighted by Crippen LogP contribution is -2.02. The highest BCUT2D eigenvalue weighted by Crippen LogP contribution is 2.34. The van der Waals surface area contributed by atoms with E-state index in [0.717, 1.165) is 24.0 Å². The average molecular weight is 268 g/mol. The Hall–Kier alpha value is -1.96. The number of benzene rings is 1. The van der Waals surface area contributed by atoms with Gasteiger partial charge in [-0.3, -0.25) is 0 Å². The molecule has 2 aliphatic carbocycles. The van der Waals surface area contributed by atoms with E-state index in [1.54, 1.807) is 17.7 Å². The summed E-state index contributed by atoms with van der Waals surface area (Å²) in [6.45, 7) is 0. The van der Waals surface area contributed by atoms with Crippen molar-refractivity contribution in [3.8, 4) is 5.75 Å². The molecule has 1 aromatic rings. The minimum absolute atomic E-state index is 0.282. The van der Waals surface area contributed by atoms with Crippen molar-refractivity contribution in [2.24, 2.45) is 0 Å². The Bertz CT molecular complexity index is 580. The number of aromatic hydroxyl groups is 1. The predicted octanol–water partition coefficient (Wildman–Crippen LogP) is 4.58. The fourth-order valence-corrected chi connectivity index (χ4v) is 3.06. The molecule has 20 heavy (non-hydrogen) atoms. The highest BCUT2D eigenvalue weighted by molar-refractivity contribution is 5.43. The van der Waals surface area contributed by atoms with Crippen molar-refractivity contribution in [3.05, 3.63) is 64.5 Å². The van der Waals surface area contributed by atoms with Crippen LogP contribution in [-0.2, 0) is 6.42 Å². The van der Waals surface area contributed by atoms with Crippen LogP contribution < -0.4 is 0 Å². The SMILES string of the molecule is OC1=C(Cc2ccc(O)cc2)CC(=C2CCCC2)C=C1. The molecule has 2 nitrogen and oxygen atoms in total. The Morgan fingerprint density at radius 2 is 1.60 bits per heavy atom. The van der Waals surface area contributed by atoms with Crippen molar-refractivity contribution < 1.29 is 10.2 Å². The summed E-state index contributed by atoms with van der Waals surface area (Å²) in [5, 5.41) is 19.4. The molecule has 0 aromatic heterocycles. The minimum atomic E-state index is 0.282. The summed E-state index contributed by atoms with van der Waals surface area (Å²) in [5.74, 6) is 0.685. The molecular formula is C18H20O2. The van der Waals surface area contributed by atoms with Gasteiger partial charge in [-0.2, -0.15) is 0 Å². The molecule has 0 spiro atoms. The van der Waals surface area contributed by atoms with Gasteiger partial charge in [0.15, 0.2) is 0 Å². The molecule has 0 unspecified atom stereocenters. The lowest BCUT2D eigenvalue weighted by atomic mass is 9.90. The number of hydrogen-bond acceptors (Lipinski definition) is 2. The monoisotopic (exact) mass is 268 g/mol. The number of phenolic OH excluding ortho intramolecular Hbond substituents is 1. The molecule has 0 bridgehead atoms. The maximum atomic E-state index is 10.1. The van der Waals surface area contributed by atoms with E-state index in [-0.39, 0.29) is 5.75 Å². The molecule has 1 aromatic carbocycles. The normalized spacial score (nSPS) is 19.0. The number of aliphatic hydroxyl groups excluding tert-OH is 1. The zero-order valence-electron chi connectivity index (χ0n) is 11.6. The number of rotatable bonds is 2. The first-order chi connectivity index (χ1) is 9.72. The maximum Gasteiger partial charge on any atom is 0.115 e. The molecule has 1 fully saturated rings. The van der Waals surface area contributed by atoms with E-state index in [1.807, 2.05) is 18.2 Å². The standard InChI is InChI=1S/C18H20O2/c19-17-8-5-13(6-9-17)11-16-12-15(7-10-18(16)20)14-3-1-2-4-14/h5-10,19-20H,1-4,11-12H2. The van der Waals surface area contributed by atoms with Gasteiger partial charge < -0.3 is 10.2 Å². The predicted molar refractivity (Wildman–Crippen MR) is 80.7 cm³/mol. The molecule has 0 heterocycles. The first kappa shape index (κ1) is 13.0. The molecule has 3 rings (SSSR count). The number of aliphatic hydroxyl groups is 1. The van der Waals surface area contributed by atoms with Crippen LogP contribution >= 0.6 is 0 Å². The minimum Gasteiger partial charge on any atom is -0.508 e. The molecule has 2 N–H and O–H groups in total.